The zero-order valence-electron chi connectivity index (χ0n) is 25.3. The van der Waals surface area contributed by atoms with Crippen LogP contribution in [0.4, 0.5) is 5.69 Å². The van der Waals surface area contributed by atoms with Crippen LogP contribution in [0.15, 0.2) is 72.8 Å². The van der Waals surface area contributed by atoms with Crippen molar-refractivity contribution in [1.29, 1.82) is 0 Å². The van der Waals surface area contributed by atoms with E-state index in [1.165, 1.54) is 0 Å². The molecule has 4 aliphatic heterocycles. The summed E-state index contributed by atoms with van der Waals surface area (Å²) in [5.74, 6) is -1.75. The van der Waals surface area contributed by atoms with Gasteiger partial charge in [-0.3, -0.25) is 14.4 Å². The van der Waals surface area contributed by atoms with Crippen molar-refractivity contribution in [2.45, 2.75) is 62.7 Å². The van der Waals surface area contributed by atoms with Crippen LogP contribution in [0.3, 0.4) is 0 Å². The monoisotopic (exact) mass is 599 g/mol. The van der Waals surface area contributed by atoms with Crippen LogP contribution in [0.5, 0.6) is 0 Å². The van der Waals surface area contributed by atoms with Gasteiger partial charge in [0.05, 0.1) is 29.2 Å². The number of para-hydroxylation sites is 1. The maximum absolute atomic E-state index is 14.9. The molecule has 226 valence electrons. The lowest BCUT2D eigenvalue weighted by Crippen LogP contribution is -2.58. The van der Waals surface area contributed by atoms with E-state index in [9.17, 15) is 19.5 Å². The highest BCUT2D eigenvalue weighted by Gasteiger charge is 2.72. The number of rotatable bonds is 7. The predicted molar refractivity (Wildman–Crippen MR) is 170 cm³/mol. The van der Waals surface area contributed by atoms with Crippen molar-refractivity contribution in [3.63, 3.8) is 0 Å². The SMILES string of the molecule is CC[C@H](C)[C@H](CO)N1C(=O)[C@@H]2[C@@H]3C(=O)N(Cc4ccccc4)CC=C[C@@H]3S[C@@]23C=CCN(c2c(C)cccc2C)C(=O)C13. The number of carbonyl (C=O) groups is 3. The van der Waals surface area contributed by atoms with Crippen molar-refractivity contribution in [3.05, 3.63) is 89.5 Å². The summed E-state index contributed by atoms with van der Waals surface area (Å²) in [4.78, 5) is 49.4. The maximum atomic E-state index is 14.9. The second-order valence-electron chi connectivity index (χ2n) is 12.4. The van der Waals surface area contributed by atoms with Crippen LogP contribution in [-0.4, -0.2) is 74.4 Å². The van der Waals surface area contributed by atoms with E-state index in [1.54, 1.807) is 16.7 Å². The lowest BCUT2D eigenvalue weighted by Gasteiger charge is -2.40. The number of anilines is 1. The molecule has 8 heteroatoms. The number of benzene rings is 2. The number of thioether (sulfide) groups is 1. The summed E-state index contributed by atoms with van der Waals surface area (Å²) in [7, 11) is 0. The summed E-state index contributed by atoms with van der Waals surface area (Å²) in [5, 5.41) is 10.5. The average molecular weight is 600 g/mol. The fraction of sp³-hybridized carbons (Fsp3) is 0.457. The number of aliphatic hydroxyl groups excluding tert-OH is 1. The molecule has 43 heavy (non-hydrogen) atoms. The Morgan fingerprint density at radius 1 is 0.953 bits per heavy atom. The van der Waals surface area contributed by atoms with Crippen molar-refractivity contribution in [3.8, 4) is 0 Å². The molecule has 2 saturated heterocycles. The average Bonchev–Trinajstić information content (AvgIpc) is 3.32. The fourth-order valence-corrected chi connectivity index (χ4v) is 9.67. The van der Waals surface area contributed by atoms with Crippen LogP contribution in [-0.2, 0) is 20.9 Å². The van der Waals surface area contributed by atoms with Crippen LogP contribution >= 0.6 is 11.8 Å². The Labute approximate surface area is 258 Å². The van der Waals surface area contributed by atoms with Gasteiger partial charge in [-0.25, -0.2) is 0 Å². The topological polar surface area (TPSA) is 81.2 Å². The summed E-state index contributed by atoms with van der Waals surface area (Å²) in [6.45, 7) is 9.13. The first-order valence-corrected chi connectivity index (χ1v) is 16.3. The van der Waals surface area contributed by atoms with Gasteiger partial charge in [-0.15, -0.1) is 11.8 Å². The van der Waals surface area contributed by atoms with Gasteiger partial charge in [0.2, 0.25) is 11.8 Å². The van der Waals surface area contributed by atoms with E-state index < -0.39 is 28.7 Å². The smallest absolute Gasteiger partial charge is 0.251 e. The van der Waals surface area contributed by atoms with E-state index in [0.29, 0.717) is 19.6 Å². The Hall–Kier alpha value is -3.36. The molecule has 4 heterocycles. The normalized spacial score (nSPS) is 29.7. The van der Waals surface area contributed by atoms with Crippen molar-refractivity contribution in [1.82, 2.24) is 9.80 Å². The van der Waals surface area contributed by atoms with Gasteiger partial charge in [0.1, 0.15) is 6.04 Å². The number of aliphatic hydroxyl groups is 1. The Bertz CT molecular complexity index is 1450. The maximum Gasteiger partial charge on any atom is 0.251 e. The number of likely N-dealkylation sites (tertiary alicyclic amines) is 1. The first-order valence-electron chi connectivity index (χ1n) is 15.4. The highest BCUT2D eigenvalue weighted by molar-refractivity contribution is 8.02. The molecule has 4 aliphatic rings. The molecule has 7 nitrogen and oxygen atoms in total. The molecule has 0 saturated carbocycles. The van der Waals surface area contributed by atoms with E-state index in [2.05, 4.69) is 12.2 Å². The molecular weight excluding hydrogens is 558 g/mol. The van der Waals surface area contributed by atoms with E-state index in [-0.39, 0.29) is 35.5 Å². The van der Waals surface area contributed by atoms with Crippen molar-refractivity contribution < 1.29 is 19.5 Å². The quantitative estimate of drug-likeness (QED) is 0.474. The number of nitrogens with zero attached hydrogens (tertiary/aromatic N) is 3. The first kappa shape index (κ1) is 29.7. The number of aryl methyl sites for hydroxylation is 2. The highest BCUT2D eigenvalue weighted by atomic mass is 32.2. The second-order valence-corrected chi connectivity index (χ2v) is 13.9. The van der Waals surface area contributed by atoms with Crippen molar-refractivity contribution in [2.75, 3.05) is 24.6 Å². The number of amides is 3. The predicted octanol–water partition coefficient (Wildman–Crippen LogP) is 4.51. The van der Waals surface area contributed by atoms with Crippen LogP contribution in [0.1, 0.15) is 37.0 Å². The zero-order chi connectivity index (χ0) is 30.5. The summed E-state index contributed by atoms with van der Waals surface area (Å²) in [6.07, 6.45) is 8.92. The molecule has 2 aromatic rings. The molecule has 0 bridgehead atoms. The van der Waals surface area contributed by atoms with Crippen LogP contribution in [0.2, 0.25) is 0 Å². The Morgan fingerprint density at radius 2 is 1.67 bits per heavy atom. The molecule has 0 aliphatic carbocycles. The lowest BCUT2D eigenvalue weighted by molar-refractivity contribution is -0.145. The number of carbonyl (C=O) groups excluding carboxylic acids is 3. The standard InChI is InChI=1S/C35H41N3O4S/c1-5-22(2)26(21-39)38-31-34(42)37(30-23(3)12-9-13-24(30)4)19-11-17-35(31)29(33(38)41)28-27(43-35)16-10-18-36(32(28)40)20-25-14-7-6-8-15-25/h6-17,22,26-29,31,39H,5,18-21H2,1-4H3/t22-,26-,27-,28+,29-,31?,35-/m0/s1. The Morgan fingerprint density at radius 3 is 2.35 bits per heavy atom. The van der Waals surface area contributed by atoms with E-state index in [0.717, 1.165) is 28.8 Å². The van der Waals surface area contributed by atoms with Crippen LogP contribution in [0.25, 0.3) is 0 Å². The summed E-state index contributed by atoms with van der Waals surface area (Å²) >= 11 is 1.59. The molecule has 2 aromatic carbocycles. The van der Waals surface area contributed by atoms with Gasteiger partial charge >= 0.3 is 0 Å². The largest absolute Gasteiger partial charge is 0.394 e. The lowest BCUT2D eigenvalue weighted by atomic mass is 9.78. The van der Waals surface area contributed by atoms with E-state index in [1.807, 2.05) is 98.2 Å². The Kier molecular flexibility index (Phi) is 8.03. The minimum absolute atomic E-state index is 0.0291. The minimum atomic E-state index is -0.925. The zero-order valence-corrected chi connectivity index (χ0v) is 26.2. The van der Waals surface area contributed by atoms with Gasteiger partial charge in [-0.2, -0.15) is 0 Å². The molecule has 1 unspecified atom stereocenters. The van der Waals surface area contributed by atoms with Crippen LogP contribution in [0, 0.1) is 31.6 Å². The van der Waals surface area contributed by atoms with Gasteiger partial charge in [0.25, 0.3) is 5.91 Å². The first-order chi connectivity index (χ1) is 20.7. The fourth-order valence-electron chi connectivity index (χ4n) is 7.68. The van der Waals surface area contributed by atoms with Gasteiger partial charge in [-0.1, -0.05) is 93.1 Å². The molecule has 3 amide bonds. The highest BCUT2D eigenvalue weighted by Crippen LogP contribution is 2.61. The molecule has 0 radical (unpaired) electrons. The molecule has 2 fully saturated rings. The van der Waals surface area contributed by atoms with Gasteiger partial charge in [-0.05, 0) is 36.5 Å². The molecule has 1 N–H and O–H groups in total. The number of hydrogen-bond acceptors (Lipinski definition) is 5. The summed E-state index contributed by atoms with van der Waals surface area (Å²) < 4.78 is -0.925. The molecule has 0 aromatic heterocycles. The minimum Gasteiger partial charge on any atom is -0.394 e. The number of hydrogen-bond donors (Lipinski definition) is 1. The van der Waals surface area contributed by atoms with Crippen LogP contribution < -0.4 is 4.90 Å². The second kappa shape index (κ2) is 11.6. The van der Waals surface area contributed by atoms with Gasteiger partial charge in [0, 0.05) is 30.6 Å². The molecular formula is C35H41N3O4S. The third-order valence-corrected chi connectivity index (χ3v) is 11.7. The molecule has 1 spiro atoms. The third kappa shape index (κ3) is 4.74. The third-order valence-electron chi connectivity index (χ3n) is 9.95. The Balaban J connectivity index is 1.46. The number of fused-ring (bicyclic) bond motifs is 2. The summed E-state index contributed by atoms with van der Waals surface area (Å²) in [5.41, 5.74) is 3.87. The molecule has 7 atom stereocenters. The van der Waals surface area contributed by atoms with Gasteiger partial charge < -0.3 is 19.8 Å². The van der Waals surface area contributed by atoms with Gasteiger partial charge in [0.15, 0.2) is 0 Å². The van der Waals surface area contributed by atoms with Crippen molar-refractivity contribution >= 4 is 35.2 Å². The van der Waals surface area contributed by atoms with Crippen molar-refractivity contribution in [2.24, 2.45) is 17.8 Å². The summed E-state index contributed by atoms with van der Waals surface area (Å²) in [6, 6.07) is 14.5. The van der Waals surface area contributed by atoms with E-state index in [4.69, 9.17) is 0 Å². The van der Waals surface area contributed by atoms with E-state index >= 15 is 0 Å². The molecule has 6 rings (SSSR count).